The van der Waals surface area contributed by atoms with Crippen molar-refractivity contribution in [2.45, 2.75) is 39.2 Å². The van der Waals surface area contributed by atoms with Gasteiger partial charge < -0.3 is 15.4 Å². The number of carbonyl (C=O) groups excluding carboxylic acids is 2. The van der Waals surface area contributed by atoms with E-state index in [-0.39, 0.29) is 18.4 Å². The molecule has 0 aliphatic rings. The Morgan fingerprint density at radius 2 is 1.83 bits per heavy atom. The van der Waals surface area contributed by atoms with Crippen molar-refractivity contribution in [2.75, 3.05) is 13.7 Å². The van der Waals surface area contributed by atoms with Gasteiger partial charge in [-0.25, -0.2) is 0 Å². The van der Waals surface area contributed by atoms with Gasteiger partial charge in [-0.3, -0.25) is 9.59 Å². The minimum absolute atomic E-state index is 0.136. The molecule has 130 valence electrons. The third kappa shape index (κ3) is 7.95. The van der Waals surface area contributed by atoms with Gasteiger partial charge in [0.2, 0.25) is 11.8 Å². The molecule has 6 heteroatoms. The SMILES string of the molecule is COC[C@@H](NC(C)=O)C(=O)NCc1ccc(C#C[Si](C)(C)C)cc1. The first-order chi connectivity index (χ1) is 11.2. The van der Waals surface area contributed by atoms with Gasteiger partial charge in [0.15, 0.2) is 0 Å². The minimum atomic E-state index is -1.38. The molecule has 0 unspecified atom stereocenters. The molecule has 0 saturated heterocycles. The second kappa shape index (κ2) is 9.26. The molecule has 5 nitrogen and oxygen atoms in total. The van der Waals surface area contributed by atoms with E-state index in [1.54, 1.807) is 0 Å². The van der Waals surface area contributed by atoms with Gasteiger partial charge in [0.25, 0.3) is 0 Å². The van der Waals surface area contributed by atoms with Crippen LogP contribution in [0.2, 0.25) is 19.6 Å². The van der Waals surface area contributed by atoms with Crippen molar-refractivity contribution in [3.8, 4) is 11.5 Å². The molecule has 0 saturated carbocycles. The lowest BCUT2D eigenvalue weighted by molar-refractivity contribution is -0.129. The average Bonchev–Trinajstić information content (AvgIpc) is 2.50. The van der Waals surface area contributed by atoms with Crippen LogP contribution < -0.4 is 10.6 Å². The van der Waals surface area contributed by atoms with Gasteiger partial charge in [-0.1, -0.05) is 37.7 Å². The van der Waals surface area contributed by atoms with Gasteiger partial charge in [-0.15, -0.1) is 5.54 Å². The standard InChI is InChI=1S/C18H26N2O3Si/c1-14(21)20-17(13-23-2)18(22)19-12-16-8-6-15(7-9-16)10-11-24(3,4)5/h6-9,17H,12-13H2,1-5H3,(H,19,22)(H,20,21)/t17-/m1/s1. The van der Waals surface area contributed by atoms with Gasteiger partial charge in [0, 0.05) is 26.1 Å². The number of methoxy groups -OCH3 is 1. The van der Waals surface area contributed by atoms with Crippen molar-refractivity contribution >= 4 is 19.9 Å². The summed E-state index contributed by atoms with van der Waals surface area (Å²) in [7, 11) is 0.106. The number of nitrogens with one attached hydrogen (secondary N) is 2. The molecule has 0 spiro atoms. The Labute approximate surface area is 145 Å². The highest BCUT2D eigenvalue weighted by Gasteiger charge is 2.18. The molecule has 1 rings (SSSR count). The summed E-state index contributed by atoms with van der Waals surface area (Å²) in [5.74, 6) is 2.66. The Balaban J connectivity index is 2.61. The largest absolute Gasteiger partial charge is 0.382 e. The smallest absolute Gasteiger partial charge is 0.245 e. The summed E-state index contributed by atoms with van der Waals surface area (Å²) in [6, 6.07) is 7.11. The highest BCUT2D eigenvalue weighted by Crippen LogP contribution is 2.05. The third-order valence-corrected chi connectivity index (χ3v) is 3.90. The molecule has 1 aromatic carbocycles. The highest BCUT2D eigenvalue weighted by atomic mass is 28.3. The third-order valence-electron chi connectivity index (χ3n) is 3.03. The zero-order valence-electron chi connectivity index (χ0n) is 15.0. The summed E-state index contributed by atoms with van der Waals surface area (Å²) < 4.78 is 4.96. The molecule has 2 N–H and O–H groups in total. The van der Waals surface area contributed by atoms with E-state index < -0.39 is 14.1 Å². The Hall–Kier alpha value is -2.10. The van der Waals surface area contributed by atoms with Crippen LogP contribution in [0.4, 0.5) is 0 Å². The van der Waals surface area contributed by atoms with Crippen molar-refractivity contribution in [2.24, 2.45) is 0 Å². The highest BCUT2D eigenvalue weighted by molar-refractivity contribution is 6.83. The molecule has 0 fully saturated rings. The summed E-state index contributed by atoms with van der Waals surface area (Å²) in [4.78, 5) is 23.2. The number of carbonyl (C=O) groups is 2. The van der Waals surface area contributed by atoms with Gasteiger partial charge in [0.05, 0.1) is 6.61 Å². The summed E-state index contributed by atoms with van der Waals surface area (Å²) in [6.07, 6.45) is 0. The number of ether oxygens (including phenoxy) is 1. The van der Waals surface area contributed by atoms with E-state index in [0.717, 1.165) is 11.1 Å². The lowest BCUT2D eigenvalue weighted by Crippen LogP contribution is -2.48. The van der Waals surface area contributed by atoms with Crippen LogP contribution in [0, 0.1) is 11.5 Å². The Morgan fingerprint density at radius 1 is 1.21 bits per heavy atom. The maximum atomic E-state index is 12.1. The molecule has 0 aliphatic heterocycles. The quantitative estimate of drug-likeness (QED) is 0.608. The minimum Gasteiger partial charge on any atom is -0.382 e. The van der Waals surface area contributed by atoms with Crippen molar-refractivity contribution in [3.63, 3.8) is 0 Å². The monoisotopic (exact) mass is 346 g/mol. The molecule has 0 radical (unpaired) electrons. The molecule has 0 bridgehead atoms. The van der Waals surface area contributed by atoms with Crippen molar-refractivity contribution in [1.29, 1.82) is 0 Å². The van der Waals surface area contributed by atoms with Crippen molar-refractivity contribution in [3.05, 3.63) is 35.4 Å². The number of benzene rings is 1. The van der Waals surface area contributed by atoms with Crippen molar-refractivity contribution in [1.82, 2.24) is 10.6 Å². The Bertz CT molecular complexity index is 624. The fourth-order valence-corrected chi connectivity index (χ4v) is 2.39. The maximum Gasteiger partial charge on any atom is 0.245 e. The molecule has 0 heterocycles. The normalized spacial score (nSPS) is 11.9. The van der Waals surface area contributed by atoms with Crippen LogP contribution in [0.25, 0.3) is 0 Å². The molecule has 0 aromatic heterocycles. The zero-order chi connectivity index (χ0) is 18.2. The van der Waals surface area contributed by atoms with E-state index in [1.165, 1.54) is 14.0 Å². The lowest BCUT2D eigenvalue weighted by atomic mass is 10.1. The van der Waals surface area contributed by atoms with Gasteiger partial charge in [-0.05, 0) is 17.7 Å². The molecule has 24 heavy (non-hydrogen) atoms. The van der Waals surface area contributed by atoms with Crippen LogP contribution >= 0.6 is 0 Å². The first-order valence-corrected chi connectivity index (χ1v) is 11.4. The zero-order valence-corrected chi connectivity index (χ0v) is 16.0. The number of rotatable bonds is 6. The lowest BCUT2D eigenvalue weighted by Gasteiger charge is -2.16. The summed E-state index contributed by atoms with van der Waals surface area (Å²) in [5.41, 5.74) is 5.27. The van der Waals surface area contributed by atoms with Crippen LogP contribution in [0.3, 0.4) is 0 Å². The fourth-order valence-electron chi connectivity index (χ4n) is 1.87. The molecule has 1 aromatic rings. The second-order valence-electron chi connectivity index (χ2n) is 6.62. The van der Waals surface area contributed by atoms with Crippen LogP contribution in [0.5, 0.6) is 0 Å². The summed E-state index contributed by atoms with van der Waals surface area (Å²) in [5, 5.41) is 5.37. The fraction of sp³-hybridized carbons (Fsp3) is 0.444. The average molecular weight is 347 g/mol. The number of amides is 2. The molecule has 2 amide bonds. The predicted octanol–water partition coefficient (Wildman–Crippen LogP) is 1.68. The number of hydrogen-bond acceptors (Lipinski definition) is 3. The number of hydrogen-bond donors (Lipinski definition) is 2. The first-order valence-electron chi connectivity index (χ1n) is 7.87. The Kier molecular flexibility index (Phi) is 7.69. The van der Waals surface area contributed by atoms with E-state index in [4.69, 9.17) is 4.74 Å². The van der Waals surface area contributed by atoms with Gasteiger partial charge >= 0.3 is 0 Å². The Morgan fingerprint density at radius 3 is 2.33 bits per heavy atom. The predicted molar refractivity (Wildman–Crippen MR) is 98.0 cm³/mol. The maximum absolute atomic E-state index is 12.1. The molecular weight excluding hydrogens is 320 g/mol. The second-order valence-corrected chi connectivity index (χ2v) is 11.4. The van der Waals surface area contributed by atoms with Gasteiger partial charge in [-0.2, -0.15) is 0 Å². The topological polar surface area (TPSA) is 67.4 Å². The van der Waals surface area contributed by atoms with E-state index in [1.807, 2.05) is 24.3 Å². The van der Waals surface area contributed by atoms with Gasteiger partial charge in [0.1, 0.15) is 14.1 Å². The van der Waals surface area contributed by atoms with E-state index in [0.29, 0.717) is 6.54 Å². The summed E-state index contributed by atoms with van der Waals surface area (Å²) >= 11 is 0. The van der Waals surface area contributed by atoms with Crippen LogP contribution in [0.1, 0.15) is 18.1 Å². The molecular formula is C18H26N2O3Si. The van der Waals surface area contributed by atoms with Crippen LogP contribution in [-0.2, 0) is 20.9 Å². The van der Waals surface area contributed by atoms with E-state index in [9.17, 15) is 9.59 Å². The van der Waals surface area contributed by atoms with Crippen molar-refractivity contribution < 1.29 is 14.3 Å². The molecule has 0 aliphatic carbocycles. The van der Waals surface area contributed by atoms with E-state index in [2.05, 4.69) is 41.7 Å². The van der Waals surface area contributed by atoms with Crippen LogP contribution in [0.15, 0.2) is 24.3 Å². The van der Waals surface area contributed by atoms with Crippen LogP contribution in [-0.4, -0.2) is 39.6 Å². The summed E-state index contributed by atoms with van der Waals surface area (Å²) in [6.45, 7) is 8.51. The molecule has 1 atom stereocenters. The van der Waals surface area contributed by atoms with E-state index >= 15 is 0 Å². The first kappa shape index (κ1) is 19.9.